The number of halogens is 1. The van der Waals surface area contributed by atoms with Crippen LogP contribution in [0.4, 0.5) is 0 Å². The number of hydrogen-bond acceptors (Lipinski definition) is 1. The molecule has 1 rings (SSSR count). The van der Waals surface area contributed by atoms with Crippen molar-refractivity contribution in [2.75, 3.05) is 0 Å². The third-order valence-corrected chi connectivity index (χ3v) is 2.04. The minimum Gasteiger partial charge on any atom is -0.508 e. The summed E-state index contributed by atoms with van der Waals surface area (Å²) in [5.41, 5.74) is 0.627. The van der Waals surface area contributed by atoms with Crippen LogP contribution >= 0.6 is 11.6 Å². The summed E-state index contributed by atoms with van der Waals surface area (Å²) >= 11 is 5.85. The van der Waals surface area contributed by atoms with Crippen molar-refractivity contribution in [3.05, 3.63) is 28.8 Å². The van der Waals surface area contributed by atoms with Crippen LogP contribution in [0, 0.1) is 12.3 Å². The Bertz CT molecular complexity index is 305. The topological polar surface area (TPSA) is 20.2 Å². The zero-order valence-corrected chi connectivity index (χ0v) is 7.47. The van der Waals surface area contributed by atoms with E-state index in [9.17, 15) is 5.11 Å². The maximum Gasteiger partial charge on any atom is 0.121 e. The van der Waals surface area contributed by atoms with E-state index in [0.29, 0.717) is 10.6 Å². The molecule has 12 heavy (non-hydrogen) atoms. The van der Waals surface area contributed by atoms with Crippen molar-refractivity contribution in [2.45, 2.75) is 12.8 Å². The van der Waals surface area contributed by atoms with Crippen LogP contribution in [0.2, 0.25) is 5.02 Å². The molecule has 0 saturated carbocycles. The first-order valence-corrected chi connectivity index (χ1v) is 3.98. The highest BCUT2D eigenvalue weighted by Crippen LogP contribution is 2.31. The van der Waals surface area contributed by atoms with Gasteiger partial charge in [-0.3, -0.25) is 0 Å². The molecule has 0 bridgehead atoms. The van der Waals surface area contributed by atoms with Crippen LogP contribution in [0.15, 0.2) is 18.2 Å². The van der Waals surface area contributed by atoms with Crippen LogP contribution in [0.1, 0.15) is 18.4 Å². The summed E-state index contributed by atoms with van der Waals surface area (Å²) in [6.45, 7) is 1.82. The Morgan fingerprint density at radius 2 is 2.25 bits per heavy atom. The van der Waals surface area contributed by atoms with Gasteiger partial charge in [0.2, 0.25) is 0 Å². The first-order chi connectivity index (χ1) is 5.66. The second kappa shape index (κ2) is 3.51. The molecule has 0 radical (unpaired) electrons. The van der Waals surface area contributed by atoms with E-state index in [4.69, 9.17) is 18.0 Å². The highest BCUT2D eigenvalue weighted by molar-refractivity contribution is 6.31. The van der Waals surface area contributed by atoms with E-state index < -0.39 is 0 Å². The van der Waals surface area contributed by atoms with Crippen LogP contribution in [0.25, 0.3) is 0 Å². The Morgan fingerprint density at radius 1 is 1.58 bits per heavy atom. The lowest BCUT2D eigenvalue weighted by atomic mass is 10.0. The van der Waals surface area contributed by atoms with Crippen molar-refractivity contribution >= 4 is 11.6 Å². The summed E-state index contributed by atoms with van der Waals surface area (Å²) in [6.07, 6.45) is 5.22. The molecule has 0 aliphatic heterocycles. The molecule has 0 spiro atoms. The van der Waals surface area contributed by atoms with E-state index in [1.165, 1.54) is 0 Å². The lowest BCUT2D eigenvalue weighted by molar-refractivity contribution is 0.467. The van der Waals surface area contributed by atoms with Gasteiger partial charge in [-0.05, 0) is 19.1 Å². The van der Waals surface area contributed by atoms with Gasteiger partial charge >= 0.3 is 0 Å². The fourth-order valence-corrected chi connectivity index (χ4v) is 1.37. The second-order valence-electron chi connectivity index (χ2n) is 2.56. The van der Waals surface area contributed by atoms with Crippen molar-refractivity contribution in [2.24, 2.45) is 0 Å². The van der Waals surface area contributed by atoms with E-state index in [2.05, 4.69) is 5.92 Å². The molecular formula is C10H9ClO. The summed E-state index contributed by atoms with van der Waals surface area (Å²) in [4.78, 5) is 0. The van der Waals surface area contributed by atoms with Crippen molar-refractivity contribution in [3.63, 3.8) is 0 Å². The molecule has 0 amide bonds. The van der Waals surface area contributed by atoms with Gasteiger partial charge < -0.3 is 5.11 Å². The minimum absolute atomic E-state index is 0.154. The van der Waals surface area contributed by atoms with E-state index in [-0.39, 0.29) is 11.7 Å². The van der Waals surface area contributed by atoms with E-state index in [1.54, 1.807) is 18.2 Å². The second-order valence-corrected chi connectivity index (χ2v) is 2.97. The third kappa shape index (κ3) is 1.54. The predicted molar refractivity (Wildman–Crippen MR) is 50.4 cm³/mol. The van der Waals surface area contributed by atoms with Gasteiger partial charge in [0.05, 0.1) is 0 Å². The molecule has 0 heterocycles. The molecule has 0 fully saturated rings. The fourth-order valence-electron chi connectivity index (χ4n) is 1.04. The normalized spacial score (nSPS) is 12.1. The Labute approximate surface area is 77.0 Å². The maximum absolute atomic E-state index is 9.41. The zero-order valence-electron chi connectivity index (χ0n) is 6.71. The number of benzene rings is 1. The molecule has 62 valence electrons. The van der Waals surface area contributed by atoms with Gasteiger partial charge in [-0.1, -0.05) is 23.6 Å². The van der Waals surface area contributed by atoms with Crippen LogP contribution in [-0.4, -0.2) is 5.11 Å². The van der Waals surface area contributed by atoms with Gasteiger partial charge in [0.1, 0.15) is 5.75 Å². The van der Waals surface area contributed by atoms with Crippen molar-refractivity contribution < 1.29 is 5.11 Å². The molecule has 1 aromatic rings. The molecule has 1 aromatic carbocycles. The van der Waals surface area contributed by atoms with Crippen LogP contribution in [0.3, 0.4) is 0 Å². The first-order valence-electron chi connectivity index (χ1n) is 3.60. The Balaban J connectivity index is 3.23. The number of aromatic hydroxyl groups is 1. The van der Waals surface area contributed by atoms with Crippen LogP contribution in [0.5, 0.6) is 5.75 Å². The smallest absolute Gasteiger partial charge is 0.121 e. The summed E-state index contributed by atoms with van der Waals surface area (Å²) < 4.78 is 0. The van der Waals surface area contributed by atoms with E-state index >= 15 is 0 Å². The highest BCUT2D eigenvalue weighted by Gasteiger charge is 2.10. The van der Waals surface area contributed by atoms with Gasteiger partial charge in [0.25, 0.3) is 0 Å². The first kappa shape index (κ1) is 8.96. The maximum atomic E-state index is 9.41. The zero-order chi connectivity index (χ0) is 9.14. The number of terminal acetylenes is 1. The molecule has 0 aromatic heterocycles. The SMILES string of the molecule is C#CC(C)c1c(O)cccc1Cl. The summed E-state index contributed by atoms with van der Waals surface area (Å²) in [7, 11) is 0. The van der Waals surface area contributed by atoms with E-state index in [1.807, 2.05) is 6.92 Å². The average molecular weight is 181 g/mol. The molecule has 0 aliphatic carbocycles. The molecule has 0 saturated heterocycles. The summed E-state index contributed by atoms with van der Waals surface area (Å²) in [6, 6.07) is 4.98. The molecule has 0 aliphatic rings. The van der Waals surface area contributed by atoms with Crippen molar-refractivity contribution in [1.82, 2.24) is 0 Å². The fraction of sp³-hybridized carbons (Fsp3) is 0.200. The van der Waals surface area contributed by atoms with Crippen molar-refractivity contribution in [1.29, 1.82) is 0 Å². The molecular weight excluding hydrogens is 172 g/mol. The van der Waals surface area contributed by atoms with Gasteiger partial charge in [-0.2, -0.15) is 0 Å². The number of phenols is 1. The van der Waals surface area contributed by atoms with E-state index in [0.717, 1.165) is 0 Å². The lowest BCUT2D eigenvalue weighted by Gasteiger charge is -2.08. The van der Waals surface area contributed by atoms with Crippen molar-refractivity contribution in [3.8, 4) is 18.1 Å². The van der Waals surface area contributed by atoms with Gasteiger partial charge in [-0.25, -0.2) is 0 Å². The molecule has 1 unspecified atom stereocenters. The molecule has 2 heteroatoms. The average Bonchev–Trinajstić information content (AvgIpc) is 2.03. The van der Waals surface area contributed by atoms with Crippen LogP contribution < -0.4 is 0 Å². The predicted octanol–water partition coefficient (Wildman–Crippen LogP) is 2.78. The Hall–Kier alpha value is -1.13. The molecule has 1 nitrogen and oxygen atoms in total. The summed E-state index contributed by atoms with van der Waals surface area (Å²) in [5, 5.41) is 9.93. The Kier molecular flexibility index (Phi) is 2.62. The van der Waals surface area contributed by atoms with Gasteiger partial charge in [0.15, 0.2) is 0 Å². The summed E-state index contributed by atoms with van der Waals surface area (Å²) in [5.74, 6) is 2.52. The minimum atomic E-state index is -0.154. The molecule has 1 atom stereocenters. The largest absolute Gasteiger partial charge is 0.508 e. The van der Waals surface area contributed by atoms with Gasteiger partial charge in [0, 0.05) is 16.5 Å². The quantitative estimate of drug-likeness (QED) is 0.659. The highest BCUT2D eigenvalue weighted by atomic mass is 35.5. The number of rotatable bonds is 1. The van der Waals surface area contributed by atoms with Crippen LogP contribution in [-0.2, 0) is 0 Å². The molecule has 1 N–H and O–H groups in total. The third-order valence-electron chi connectivity index (χ3n) is 1.71. The van der Waals surface area contributed by atoms with Gasteiger partial charge in [-0.15, -0.1) is 6.42 Å². The number of phenolic OH excluding ortho intramolecular Hbond substituents is 1. The Morgan fingerprint density at radius 3 is 2.75 bits per heavy atom. The monoisotopic (exact) mass is 180 g/mol. The standard InChI is InChI=1S/C10H9ClO/c1-3-7(2)10-8(11)5-4-6-9(10)12/h1,4-7,12H,2H3. The number of hydrogen-bond donors (Lipinski definition) is 1. The lowest BCUT2D eigenvalue weighted by Crippen LogP contribution is -1.91.